The van der Waals surface area contributed by atoms with Gasteiger partial charge in [-0.15, -0.1) is 0 Å². The maximum Gasteiger partial charge on any atom is 0.444 e. The zero-order valence-electron chi connectivity index (χ0n) is 14.7. The molecule has 0 aliphatic heterocycles. The molecule has 0 aromatic rings. The summed E-state index contributed by atoms with van der Waals surface area (Å²) in [6, 6.07) is 0. The van der Waals surface area contributed by atoms with E-state index in [9.17, 15) is 14.4 Å². The highest BCUT2D eigenvalue weighted by Gasteiger charge is 2.32. The van der Waals surface area contributed by atoms with Crippen LogP contribution in [0.15, 0.2) is 0 Å². The number of methoxy groups -OCH3 is 1. The fourth-order valence-corrected chi connectivity index (χ4v) is 1.15. The first-order chi connectivity index (χ1) is 10.4. The van der Waals surface area contributed by atoms with E-state index in [0.29, 0.717) is 5.06 Å². The summed E-state index contributed by atoms with van der Waals surface area (Å²) in [6.07, 6.45) is -2.68. The number of ether oxygens (including phenoxy) is 3. The van der Waals surface area contributed by atoms with Crippen molar-refractivity contribution in [3.63, 3.8) is 0 Å². The molecule has 1 N–H and O–H groups in total. The lowest BCUT2D eigenvalue weighted by Crippen LogP contribution is -2.44. The molecule has 9 heteroatoms. The quantitative estimate of drug-likeness (QED) is 0.478. The molecular formula is C14H26N2O7. The first kappa shape index (κ1) is 21.0. The van der Waals surface area contributed by atoms with E-state index >= 15 is 0 Å². The lowest BCUT2D eigenvalue weighted by Gasteiger charge is -2.27. The molecule has 0 aliphatic carbocycles. The predicted octanol–water partition coefficient (Wildman–Crippen LogP) is 2.45. The van der Waals surface area contributed by atoms with Crippen molar-refractivity contribution in [3.8, 4) is 0 Å². The van der Waals surface area contributed by atoms with E-state index in [-0.39, 0.29) is 13.2 Å². The second-order valence-corrected chi connectivity index (χ2v) is 6.51. The van der Waals surface area contributed by atoms with Gasteiger partial charge in [-0.1, -0.05) is 5.06 Å². The van der Waals surface area contributed by atoms with E-state index in [1.165, 1.54) is 7.11 Å². The van der Waals surface area contributed by atoms with E-state index in [2.05, 4.69) is 10.1 Å². The minimum absolute atomic E-state index is 0.0226. The molecule has 0 rings (SSSR count). The van der Waals surface area contributed by atoms with Gasteiger partial charge >= 0.3 is 18.3 Å². The van der Waals surface area contributed by atoms with Gasteiger partial charge in [-0.25, -0.2) is 14.4 Å². The molecule has 0 fully saturated rings. The van der Waals surface area contributed by atoms with Crippen molar-refractivity contribution in [2.75, 3.05) is 20.3 Å². The Bertz CT molecular complexity index is 396. The zero-order valence-corrected chi connectivity index (χ0v) is 14.7. The van der Waals surface area contributed by atoms with Crippen LogP contribution in [-0.4, -0.2) is 54.8 Å². The topological polar surface area (TPSA) is 103 Å². The summed E-state index contributed by atoms with van der Waals surface area (Å²) in [5.41, 5.74) is -1.63. The largest absolute Gasteiger partial charge is 0.453 e. The van der Waals surface area contributed by atoms with E-state index in [1.54, 1.807) is 41.5 Å². The van der Waals surface area contributed by atoms with Gasteiger partial charge < -0.3 is 19.5 Å². The smallest absolute Gasteiger partial charge is 0.444 e. The fraction of sp³-hybridized carbons (Fsp3) is 0.786. The highest BCUT2D eigenvalue weighted by Crippen LogP contribution is 2.14. The van der Waals surface area contributed by atoms with E-state index in [4.69, 9.17) is 14.3 Å². The molecule has 0 unspecified atom stereocenters. The predicted molar refractivity (Wildman–Crippen MR) is 80.7 cm³/mol. The summed E-state index contributed by atoms with van der Waals surface area (Å²) in [7, 11) is 1.21. The number of hydrogen-bond donors (Lipinski definition) is 1. The standard InChI is InChI=1S/C14H26N2O7/c1-13(2,3)22-11(18)16(12(19)23-14(4,5)6)21-9-8-15-10(17)20-7/h8-9H2,1-7H3,(H,15,17). The number of nitrogens with one attached hydrogen (secondary N) is 1. The van der Waals surface area contributed by atoms with Crippen LogP contribution in [0.2, 0.25) is 0 Å². The average Bonchev–Trinajstić information content (AvgIpc) is 2.33. The number of alkyl carbamates (subject to hydrolysis) is 1. The molecule has 0 spiro atoms. The van der Waals surface area contributed by atoms with Gasteiger partial charge in [0.1, 0.15) is 11.2 Å². The summed E-state index contributed by atoms with van der Waals surface area (Å²) in [6.45, 7) is 9.76. The third kappa shape index (κ3) is 10.3. The van der Waals surface area contributed by atoms with Gasteiger partial charge in [-0.2, -0.15) is 0 Å². The van der Waals surface area contributed by atoms with Crippen LogP contribution in [0.5, 0.6) is 0 Å². The SMILES string of the molecule is COC(=O)NCCON(C(=O)OC(C)(C)C)C(=O)OC(C)(C)C. The minimum atomic E-state index is -1.01. The van der Waals surface area contributed by atoms with Crippen molar-refractivity contribution >= 4 is 18.3 Å². The maximum absolute atomic E-state index is 12.0. The number of carbonyl (C=O) groups excluding carboxylic acids is 3. The Morgan fingerprint density at radius 1 is 0.913 bits per heavy atom. The summed E-state index contributed by atoms with van der Waals surface area (Å²) in [5.74, 6) is 0. The van der Waals surface area contributed by atoms with E-state index < -0.39 is 29.5 Å². The van der Waals surface area contributed by atoms with Crippen LogP contribution < -0.4 is 5.32 Å². The van der Waals surface area contributed by atoms with E-state index in [1.807, 2.05) is 0 Å². The van der Waals surface area contributed by atoms with Crippen LogP contribution in [0.25, 0.3) is 0 Å². The molecule has 0 radical (unpaired) electrons. The molecule has 0 aliphatic rings. The lowest BCUT2D eigenvalue weighted by molar-refractivity contribution is -0.137. The van der Waals surface area contributed by atoms with Crippen molar-refractivity contribution < 1.29 is 33.4 Å². The number of nitrogens with zero attached hydrogens (tertiary/aromatic N) is 1. The zero-order chi connectivity index (χ0) is 18.3. The molecule has 0 saturated heterocycles. The molecular weight excluding hydrogens is 308 g/mol. The van der Waals surface area contributed by atoms with Gasteiger partial charge in [0.15, 0.2) is 0 Å². The van der Waals surface area contributed by atoms with Crippen LogP contribution in [0.1, 0.15) is 41.5 Å². The Labute approximate surface area is 136 Å². The number of imide groups is 1. The van der Waals surface area contributed by atoms with Gasteiger partial charge in [0.25, 0.3) is 0 Å². The molecule has 0 aromatic carbocycles. The van der Waals surface area contributed by atoms with Gasteiger partial charge in [-0.3, -0.25) is 4.84 Å². The highest BCUT2D eigenvalue weighted by molar-refractivity contribution is 5.86. The molecule has 0 aromatic heterocycles. The van der Waals surface area contributed by atoms with Crippen LogP contribution in [0, 0.1) is 0 Å². The second-order valence-electron chi connectivity index (χ2n) is 6.51. The minimum Gasteiger partial charge on any atom is -0.453 e. The molecule has 3 amide bonds. The summed E-state index contributed by atoms with van der Waals surface area (Å²) >= 11 is 0. The van der Waals surface area contributed by atoms with Crippen molar-refractivity contribution in [2.24, 2.45) is 0 Å². The fourth-order valence-electron chi connectivity index (χ4n) is 1.15. The number of amides is 3. The lowest BCUT2D eigenvalue weighted by atomic mass is 10.2. The monoisotopic (exact) mass is 334 g/mol. The summed E-state index contributed by atoms with van der Waals surface area (Å²) < 4.78 is 14.5. The van der Waals surface area contributed by atoms with Gasteiger partial charge in [0.2, 0.25) is 0 Å². The molecule has 0 heterocycles. The Balaban J connectivity index is 4.76. The molecule has 0 saturated carbocycles. The van der Waals surface area contributed by atoms with Gasteiger partial charge in [-0.05, 0) is 41.5 Å². The Morgan fingerprint density at radius 3 is 1.70 bits per heavy atom. The van der Waals surface area contributed by atoms with Crippen LogP contribution in [-0.2, 0) is 19.0 Å². The van der Waals surface area contributed by atoms with Crippen molar-refractivity contribution in [1.82, 2.24) is 10.4 Å². The van der Waals surface area contributed by atoms with Crippen LogP contribution >= 0.6 is 0 Å². The number of rotatable bonds is 4. The average molecular weight is 334 g/mol. The van der Waals surface area contributed by atoms with E-state index in [0.717, 1.165) is 0 Å². The Kier molecular flexibility index (Phi) is 7.81. The molecule has 9 nitrogen and oxygen atoms in total. The second kappa shape index (κ2) is 8.56. The molecule has 134 valence electrons. The molecule has 23 heavy (non-hydrogen) atoms. The Morgan fingerprint density at radius 2 is 1.35 bits per heavy atom. The highest BCUT2D eigenvalue weighted by atomic mass is 16.8. The number of hydrogen-bond acceptors (Lipinski definition) is 7. The molecule has 0 atom stereocenters. The molecule has 0 bridgehead atoms. The third-order valence-corrected chi connectivity index (χ3v) is 1.90. The normalized spacial score (nSPS) is 11.4. The number of hydroxylamine groups is 2. The first-order valence-corrected chi connectivity index (χ1v) is 7.06. The third-order valence-electron chi connectivity index (χ3n) is 1.90. The van der Waals surface area contributed by atoms with Gasteiger partial charge in [0, 0.05) is 6.54 Å². The van der Waals surface area contributed by atoms with Crippen molar-refractivity contribution in [1.29, 1.82) is 0 Å². The summed E-state index contributed by atoms with van der Waals surface area (Å²) in [5, 5.41) is 2.73. The van der Waals surface area contributed by atoms with Crippen LogP contribution in [0.3, 0.4) is 0 Å². The summed E-state index contributed by atoms with van der Waals surface area (Å²) in [4.78, 5) is 40.1. The van der Waals surface area contributed by atoms with Crippen molar-refractivity contribution in [2.45, 2.75) is 52.7 Å². The van der Waals surface area contributed by atoms with Gasteiger partial charge in [0.05, 0.1) is 13.7 Å². The van der Waals surface area contributed by atoms with Crippen molar-refractivity contribution in [3.05, 3.63) is 0 Å². The number of carbonyl (C=O) groups is 3. The van der Waals surface area contributed by atoms with Crippen LogP contribution in [0.4, 0.5) is 14.4 Å². The first-order valence-electron chi connectivity index (χ1n) is 7.06. The Hall–Kier alpha value is -2.03. The maximum atomic E-state index is 12.0.